The number of fused-ring (bicyclic) bond motifs is 1. The first-order valence-electron chi connectivity index (χ1n) is 9.66. The SMILES string of the molecule is CC1(n2c(NC(=O)C[C@](C)(O)c3ccccc3)nc3ccc(F)c(F)c32)CCC1. The second kappa shape index (κ2) is 6.91. The summed E-state index contributed by atoms with van der Waals surface area (Å²) in [6.07, 6.45) is 2.31. The van der Waals surface area contributed by atoms with Crippen LogP contribution in [0.15, 0.2) is 42.5 Å². The van der Waals surface area contributed by atoms with Crippen molar-refractivity contribution in [1.29, 1.82) is 0 Å². The number of aliphatic hydroxyl groups is 1. The molecular formula is C22H23F2N3O2. The highest BCUT2D eigenvalue weighted by Crippen LogP contribution is 2.43. The molecule has 7 heteroatoms. The van der Waals surface area contributed by atoms with Gasteiger partial charge in [0.25, 0.3) is 0 Å². The molecule has 0 saturated heterocycles. The Bertz CT molecular complexity index is 1070. The standard InChI is InChI=1S/C22H23F2N3O2/c1-21(11-6-12-21)27-19-16(10-9-15(23)18(19)24)25-20(27)26-17(28)13-22(2,29)14-7-4-3-5-8-14/h3-5,7-10,29H,6,11-13H2,1-2H3,(H,25,26,28)/t22-/m0/s1. The van der Waals surface area contributed by atoms with E-state index in [0.29, 0.717) is 5.56 Å². The molecule has 29 heavy (non-hydrogen) atoms. The molecule has 1 heterocycles. The topological polar surface area (TPSA) is 67.2 Å². The molecule has 4 rings (SSSR count). The van der Waals surface area contributed by atoms with Gasteiger partial charge in [-0.2, -0.15) is 0 Å². The molecule has 1 fully saturated rings. The van der Waals surface area contributed by atoms with Crippen molar-refractivity contribution in [1.82, 2.24) is 9.55 Å². The van der Waals surface area contributed by atoms with Crippen LogP contribution in [0.2, 0.25) is 0 Å². The number of aromatic nitrogens is 2. The molecule has 1 aliphatic rings. The number of hydrogen-bond acceptors (Lipinski definition) is 3. The molecule has 1 aromatic heterocycles. The zero-order chi connectivity index (χ0) is 20.8. The van der Waals surface area contributed by atoms with Gasteiger partial charge in [0.15, 0.2) is 11.6 Å². The van der Waals surface area contributed by atoms with Crippen LogP contribution < -0.4 is 5.32 Å². The van der Waals surface area contributed by atoms with Crippen molar-refractivity contribution >= 4 is 22.9 Å². The van der Waals surface area contributed by atoms with Crippen molar-refractivity contribution in [3.63, 3.8) is 0 Å². The van der Waals surface area contributed by atoms with Gasteiger partial charge in [0.1, 0.15) is 5.52 Å². The number of nitrogens with zero attached hydrogens (tertiary/aromatic N) is 2. The van der Waals surface area contributed by atoms with Crippen molar-refractivity contribution in [2.45, 2.75) is 50.7 Å². The largest absolute Gasteiger partial charge is 0.385 e. The Hall–Kier alpha value is -2.80. The van der Waals surface area contributed by atoms with Gasteiger partial charge in [0.05, 0.1) is 17.5 Å². The molecule has 0 unspecified atom stereocenters. The molecule has 1 amide bonds. The van der Waals surface area contributed by atoms with Gasteiger partial charge in [-0.3, -0.25) is 10.1 Å². The molecule has 0 radical (unpaired) electrons. The van der Waals surface area contributed by atoms with Gasteiger partial charge in [-0.1, -0.05) is 30.3 Å². The summed E-state index contributed by atoms with van der Waals surface area (Å²) in [6.45, 7) is 3.50. The fraction of sp³-hybridized carbons (Fsp3) is 0.364. The highest BCUT2D eigenvalue weighted by molar-refractivity contribution is 5.92. The number of carbonyl (C=O) groups excluding carboxylic acids is 1. The third kappa shape index (κ3) is 3.40. The monoisotopic (exact) mass is 399 g/mol. The van der Waals surface area contributed by atoms with Crippen LogP contribution in [0.3, 0.4) is 0 Å². The van der Waals surface area contributed by atoms with Crippen LogP contribution in [-0.2, 0) is 15.9 Å². The van der Waals surface area contributed by atoms with E-state index in [0.717, 1.165) is 25.3 Å². The third-order valence-corrected chi connectivity index (χ3v) is 5.83. The fourth-order valence-corrected chi connectivity index (χ4v) is 4.00. The second-order valence-electron chi connectivity index (χ2n) is 8.22. The zero-order valence-electron chi connectivity index (χ0n) is 16.4. The second-order valence-corrected chi connectivity index (χ2v) is 8.22. The summed E-state index contributed by atoms with van der Waals surface area (Å²) in [5.74, 6) is -2.22. The zero-order valence-corrected chi connectivity index (χ0v) is 16.4. The lowest BCUT2D eigenvalue weighted by atomic mass is 9.78. The first-order chi connectivity index (χ1) is 13.7. The number of benzene rings is 2. The lowest BCUT2D eigenvalue weighted by Crippen LogP contribution is -2.39. The Morgan fingerprint density at radius 2 is 1.93 bits per heavy atom. The maximum atomic E-state index is 14.6. The van der Waals surface area contributed by atoms with Crippen LogP contribution >= 0.6 is 0 Å². The van der Waals surface area contributed by atoms with Crippen molar-refractivity contribution < 1.29 is 18.7 Å². The summed E-state index contributed by atoms with van der Waals surface area (Å²) in [5.41, 5.74) is -0.879. The Balaban J connectivity index is 1.68. The average molecular weight is 399 g/mol. The maximum absolute atomic E-state index is 14.6. The van der Waals surface area contributed by atoms with Gasteiger partial charge in [-0.05, 0) is 50.8 Å². The molecule has 0 aliphatic heterocycles. The molecular weight excluding hydrogens is 376 g/mol. The Morgan fingerprint density at radius 3 is 2.55 bits per heavy atom. The van der Waals surface area contributed by atoms with Gasteiger partial charge in [0.2, 0.25) is 11.9 Å². The normalized spacial score (nSPS) is 17.6. The predicted molar refractivity (Wildman–Crippen MR) is 106 cm³/mol. The van der Waals surface area contributed by atoms with E-state index in [-0.39, 0.29) is 23.4 Å². The molecule has 1 atom stereocenters. The number of anilines is 1. The molecule has 5 nitrogen and oxygen atoms in total. The highest BCUT2D eigenvalue weighted by atomic mass is 19.2. The van der Waals surface area contributed by atoms with Gasteiger partial charge in [-0.15, -0.1) is 0 Å². The number of carbonyl (C=O) groups is 1. The van der Waals surface area contributed by atoms with E-state index < -0.39 is 28.7 Å². The molecule has 0 spiro atoms. The molecule has 3 aromatic rings. The fourth-order valence-electron chi connectivity index (χ4n) is 4.00. The minimum Gasteiger partial charge on any atom is -0.385 e. The molecule has 2 aromatic carbocycles. The minimum absolute atomic E-state index is 0.0531. The van der Waals surface area contributed by atoms with E-state index in [1.807, 2.05) is 13.0 Å². The number of halogens is 2. The first-order valence-corrected chi connectivity index (χ1v) is 9.66. The Kier molecular flexibility index (Phi) is 4.65. The van der Waals surface area contributed by atoms with Crippen LogP contribution in [0.5, 0.6) is 0 Å². The van der Waals surface area contributed by atoms with Crippen molar-refractivity contribution in [2.24, 2.45) is 0 Å². The van der Waals surface area contributed by atoms with E-state index in [4.69, 9.17) is 0 Å². The number of imidazole rings is 1. The third-order valence-electron chi connectivity index (χ3n) is 5.83. The predicted octanol–water partition coefficient (Wildman–Crippen LogP) is 4.45. The van der Waals surface area contributed by atoms with Crippen molar-refractivity contribution in [3.05, 3.63) is 59.7 Å². The van der Waals surface area contributed by atoms with Gasteiger partial charge >= 0.3 is 0 Å². The van der Waals surface area contributed by atoms with E-state index >= 15 is 0 Å². The summed E-state index contributed by atoms with van der Waals surface area (Å²) >= 11 is 0. The van der Waals surface area contributed by atoms with Crippen molar-refractivity contribution in [3.8, 4) is 0 Å². The van der Waals surface area contributed by atoms with Crippen LogP contribution in [0.25, 0.3) is 11.0 Å². The van der Waals surface area contributed by atoms with Gasteiger partial charge in [-0.25, -0.2) is 13.8 Å². The molecule has 0 bridgehead atoms. The smallest absolute Gasteiger partial charge is 0.229 e. The number of rotatable bonds is 5. The molecule has 2 N–H and O–H groups in total. The van der Waals surface area contributed by atoms with Gasteiger partial charge < -0.3 is 9.67 Å². The van der Waals surface area contributed by atoms with E-state index in [1.165, 1.54) is 6.07 Å². The molecule has 1 saturated carbocycles. The summed E-state index contributed by atoms with van der Waals surface area (Å²) < 4.78 is 30.1. The lowest BCUT2D eigenvalue weighted by molar-refractivity contribution is -0.120. The molecule has 1 aliphatic carbocycles. The Labute approximate surface area is 167 Å². The van der Waals surface area contributed by atoms with E-state index in [9.17, 15) is 18.7 Å². The Morgan fingerprint density at radius 1 is 1.24 bits per heavy atom. The van der Waals surface area contributed by atoms with Crippen molar-refractivity contribution in [2.75, 3.05) is 5.32 Å². The number of nitrogens with one attached hydrogen (secondary N) is 1. The average Bonchev–Trinajstić information content (AvgIpc) is 3.02. The molecule has 152 valence electrons. The van der Waals surface area contributed by atoms with Crippen LogP contribution in [0, 0.1) is 11.6 Å². The first kappa shape index (κ1) is 19.5. The summed E-state index contributed by atoms with van der Waals surface area (Å²) in [7, 11) is 0. The number of amides is 1. The maximum Gasteiger partial charge on any atom is 0.229 e. The highest BCUT2D eigenvalue weighted by Gasteiger charge is 2.38. The van der Waals surface area contributed by atoms with E-state index in [1.54, 1.807) is 35.8 Å². The minimum atomic E-state index is -1.38. The number of hydrogen-bond donors (Lipinski definition) is 2. The summed E-state index contributed by atoms with van der Waals surface area (Å²) in [4.78, 5) is 17.1. The summed E-state index contributed by atoms with van der Waals surface area (Å²) in [5, 5.41) is 13.5. The quantitative estimate of drug-likeness (QED) is 0.666. The van der Waals surface area contributed by atoms with Crippen LogP contribution in [0.1, 0.15) is 45.1 Å². The lowest BCUT2D eigenvalue weighted by Gasteiger charge is -2.41. The van der Waals surface area contributed by atoms with Gasteiger partial charge in [0, 0.05) is 5.54 Å². The summed E-state index contributed by atoms with van der Waals surface area (Å²) in [6, 6.07) is 11.3. The van der Waals surface area contributed by atoms with Crippen LogP contribution in [0.4, 0.5) is 14.7 Å². The van der Waals surface area contributed by atoms with Crippen LogP contribution in [-0.4, -0.2) is 20.6 Å². The van der Waals surface area contributed by atoms with E-state index in [2.05, 4.69) is 10.3 Å².